The van der Waals surface area contributed by atoms with Gasteiger partial charge in [-0.15, -0.1) is 0 Å². The van der Waals surface area contributed by atoms with Crippen molar-refractivity contribution in [1.82, 2.24) is 14.5 Å². The molecule has 1 unspecified atom stereocenters. The Morgan fingerprint density at radius 3 is 2.71 bits per heavy atom. The zero-order chi connectivity index (χ0) is 17.3. The average Bonchev–Trinajstić information content (AvgIpc) is 3.16. The molecule has 2 heterocycles. The summed E-state index contributed by atoms with van der Waals surface area (Å²) in [6.07, 6.45) is 2.82. The Morgan fingerprint density at radius 1 is 1.33 bits per heavy atom. The zero-order valence-corrected chi connectivity index (χ0v) is 14.5. The van der Waals surface area contributed by atoms with Crippen LogP contribution < -0.4 is 0 Å². The van der Waals surface area contributed by atoms with Gasteiger partial charge in [0.05, 0.1) is 0 Å². The summed E-state index contributed by atoms with van der Waals surface area (Å²) in [4.78, 5) is 18.7. The maximum Gasteiger partial charge on any atom is 0.225 e. The van der Waals surface area contributed by atoms with Crippen molar-refractivity contribution in [3.63, 3.8) is 0 Å². The second-order valence-corrected chi connectivity index (χ2v) is 6.89. The molecular weight excluding hydrogens is 305 g/mol. The number of carbonyl (C=O) groups excluding carboxylic acids is 1. The predicted octanol–water partition coefficient (Wildman–Crippen LogP) is 3.35. The third-order valence-corrected chi connectivity index (χ3v) is 4.70. The molecule has 0 spiro atoms. The highest BCUT2D eigenvalue weighted by Crippen LogP contribution is 2.28. The lowest BCUT2D eigenvalue weighted by Crippen LogP contribution is -2.32. The van der Waals surface area contributed by atoms with E-state index in [1.165, 1.54) is 12.1 Å². The molecule has 1 aromatic heterocycles. The largest absolute Gasteiger partial charge is 0.342 e. The molecule has 1 aliphatic rings. The third kappa shape index (κ3) is 3.35. The van der Waals surface area contributed by atoms with Gasteiger partial charge in [-0.3, -0.25) is 4.79 Å². The predicted molar refractivity (Wildman–Crippen MR) is 91.2 cm³/mol. The zero-order valence-electron chi connectivity index (χ0n) is 14.5. The molecule has 1 aromatic carbocycles. The highest BCUT2D eigenvalue weighted by molar-refractivity contribution is 5.78. The highest BCUT2D eigenvalue weighted by Gasteiger charge is 2.31. The second kappa shape index (κ2) is 6.75. The number of benzene rings is 1. The minimum absolute atomic E-state index is 0.0319. The Labute approximate surface area is 142 Å². The summed E-state index contributed by atoms with van der Waals surface area (Å²) in [6, 6.07) is 6.59. The molecule has 0 radical (unpaired) electrons. The molecule has 0 aliphatic carbocycles. The third-order valence-electron chi connectivity index (χ3n) is 4.70. The van der Waals surface area contributed by atoms with Crippen LogP contribution in [0.15, 0.2) is 30.5 Å². The summed E-state index contributed by atoms with van der Waals surface area (Å²) in [5.74, 6) is 1.31. The van der Waals surface area contributed by atoms with Gasteiger partial charge in [-0.05, 0) is 31.0 Å². The van der Waals surface area contributed by atoms with Gasteiger partial charge in [-0.25, -0.2) is 9.37 Å². The fourth-order valence-corrected chi connectivity index (χ4v) is 3.32. The lowest BCUT2D eigenvalue weighted by Gasteiger charge is -2.19. The molecule has 1 aliphatic heterocycles. The lowest BCUT2D eigenvalue weighted by molar-refractivity contribution is -0.133. The van der Waals surface area contributed by atoms with Gasteiger partial charge in [0, 0.05) is 43.4 Å². The van der Waals surface area contributed by atoms with Gasteiger partial charge in [0.1, 0.15) is 11.6 Å². The van der Waals surface area contributed by atoms with Crippen LogP contribution in [0.1, 0.15) is 43.3 Å². The SMILES string of the molecule is Cc1cnc(C2CCN(C(=O)C(C)C)C2)n1Cc1ccc(F)cc1. The fourth-order valence-electron chi connectivity index (χ4n) is 3.32. The Hall–Kier alpha value is -2.17. The van der Waals surface area contributed by atoms with Crippen molar-refractivity contribution >= 4 is 5.91 Å². The van der Waals surface area contributed by atoms with Crippen LogP contribution in [0.5, 0.6) is 0 Å². The number of amides is 1. The number of rotatable bonds is 4. The van der Waals surface area contributed by atoms with Crippen LogP contribution >= 0.6 is 0 Å². The van der Waals surface area contributed by atoms with Crippen molar-refractivity contribution in [3.05, 3.63) is 53.4 Å². The first-order valence-electron chi connectivity index (χ1n) is 8.51. The van der Waals surface area contributed by atoms with Crippen molar-refractivity contribution in [2.75, 3.05) is 13.1 Å². The first-order chi connectivity index (χ1) is 11.5. The van der Waals surface area contributed by atoms with Crippen LogP contribution in [-0.2, 0) is 11.3 Å². The highest BCUT2D eigenvalue weighted by atomic mass is 19.1. The molecule has 1 fully saturated rings. The quantitative estimate of drug-likeness (QED) is 0.863. The Morgan fingerprint density at radius 2 is 2.04 bits per heavy atom. The maximum absolute atomic E-state index is 13.1. The van der Waals surface area contributed by atoms with Gasteiger partial charge < -0.3 is 9.47 Å². The molecule has 0 saturated carbocycles. The van der Waals surface area contributed by atoms with Crippen LogP contribution in [-0.4, -0.2) is 33.4 Å². The van der Waals surface area contributed by atoms with E-state index in [4.69, 9.17) is 0 Å². The van der Waals surface area contributed by atoms with E-state index in [2.05, 4.69) is 9.55 Å². The number of aryl methyl sites for hydroxylation is 1. The van der Waals surface area contributed by atoms with Gasteiger partial charge >= 0.3 is 0 Å². The molecule has 128 valence electrons. The van der Waals surface area contributed by atoms with Gasteiger partial charge in [0.25, 0.3) is 0 Å². The summed E-state index contributed by atoms with van der Waals surface area (Å²) < 4.78 is 15.3. The molecule has 0 N–H and O–H groups in total. The van der Waals surface area contributed by atoms with E-state index in [9.17, 15) is 9.18 Å². The first kappa shape index (κ1) is 16.7. The molecule has 5 heteroatoms. The van der Waals surface area contributed by atoms with E-state index in [1.807, 2.05) is 44.0 Å². The topological polar surface area (TPSA) is 38.1 Å². The molecule has 1 atom stereocenters. The van der Waals surface area contributed by atoms with E-state index in [1.54, 1.807) is 0 Å². The minimum Gasteiger partial charge on any atom is -0.342 e. The molecule has 0 bridgehead atoms. The number of carbonyl (C=O) groups is 1. The number of likely N-dealkylation sites (tertiary alicyclic amines) is 1. The molecule has 3 rings (SSSR count). The van der Waals surface area contributed by atoms with Crippen LogP contribution in [0.25, 0.3) is 0 Å². The van der Waals surface area contributed by atoms with Crippen molar-refractivity contribution in [2.24, 2.45) is 5.92 Å². The number of nitrogens with zero attached hydrogens (tertiary/aromatic N) is 3. The van der Waals surface area contributed by atoms with E-state index in [0.717, 1.165) is 36.6 Å². The summed E-state index contributed by atoms with van der Waals surface area (Å²) in [5.41, 5.74) is 2.13. The molecule has 4 nitrogen and oxygen atoms in total. The number of hydrogen-bond acceptors (Lipinski definition) is 2. The summed E-state index contributed by atoms with van der Waals surface area (Å²) in [5, 5.41) is 0. The molecule has 2 aromatic rings. The van der Waals surface area contributed by atoms with E-state index in [0.29, 0.717) is 6.54 Å². The van der Waals surface area contributed by atoms with E-state index in [-0.39, 0.29) is 23.6 Å². The minimum atomic E-state index is -0.222. The molecule has 1 saturated heterocycles. The second-order valence-electron chi connectivity index (χ2n) is 6.89. The van der Waals surface area contributed by atoms with Crippen molar-refractivity contribution in [1.29, 1.82) is 0 Å². The van der Waals surface area contributed by atoms with Crippen molar-refractivity contribution in [3.8, 4) is 0 Å². The van der Waals surface area contributed by atoms with Crippen LogP contribution in [0.2, 0.25) is 0 Å². The number of hydrogen-bond donors (Lipinski definition) is 0. The van der Waals surface area contributed by atoms with Crippen molar-refractivity contribution < 1.29 is 9.18 Å². The Bertz CT molecular complexity index is 721. The molecule has 1 amide bonds. The normalized spacial score (nSPS) is 17.7. The van der Waals surface area contributed by atoms with E-state index < -0.39 is 0 Å². The number of aromatic nitrogens is 2. The Kier molecular flexibility index (Phi) is 4.69. The van der Waals surface area contributed by atoms with Gasteiger partial charge in [0.2, 0.25) is 5.91 Å². The van der Waals surface area contributed by atoms with Gasteiger partial charge in [-0.1, -0.05) is 26.0 Å². The monoisotopic (exact) mass is 329 g/mol. The van der Waals surface area contributed by atoms with Gasteiger partial charge in [0.15, 0.2) is 0 Å². The van der Waals surface area contributed by atoms with Crippen LogP contribution in [0.3, 0.4) is 0 Å². The lowest BCUT2D eigenvalue weighted by atomic mass is 10.1. The first-order valence-corrected chi connectivity index (χ1v) is 8.51. The fraction of sp³-hybridized carbons (Fsp3) is 0.474. The smallest absolute Gasteiger partial charge is 0.225 e. The van der Waals surface area contributed by atoms with Gasteiger partial charge in [-0.2, -0.15) is 0 Å². The average molecular weight is 329 g/mol. The molecule has 24 heavy (non-hydrogen) atoms. The maximum atomic E-state index is 13.1. The van der Waals surface area contributed by atoms with Crippen molar-refractivity contribution in [2.45, 2.75) is 39.7 Å². The summed E-state index contributed by atoms with van der Waals surface area (Å²) in [6.45, 7) is 8.12. The summed E-state index contributed by atoms with van der Waals surface area (Å²) in [7, 11) is 0. The molecular formula is C19H24FN3O. The van der Waals surface area contributed by atoms with Crippen LogP contribution in [0, 0.1) is 18.7 Å². The standard InChI is InChI=1S/C19H24FN3O/c1-13(2)19(24)22-9-8-16(12-22)18-21-10-14(3)23(18)11-15-4-6-17(20)7-5-15/h4-7,10,13,16H,8-9,11-12H2,1-3H3. The Balaban J connectivity index is 1.78. The van der Waals surface area contributed by atoms with E-state index >= 15 is 0 Å². The number of imidazole rings is 1. The summed E-state index contributed by atoms with van der Waals surface area (Å²) >= 11 is 0. The van der Waals surface area contributed by atoms with Crippen LogP contribution in [0.4, 0.5) is 4.39 Å². The number of halogens is 1.